The third kappa shape index (κ3) is 6.64. The molecular formula is C14H24N4O. The average molecular weight is 264 g/mol. The van der Waals surface area contributed by atoms with Crippen LogP contribution in [-0.2, 0) is 4.79 Å². The van der Waals surface area contributed by atoms with Crippen molar-refractivity contribution in [2.24, 2.45) is 0 Å². The lowest BCUT2D eigenvalue weighted by Crippen LogP contribution is -2.43. The molecule has 0 aromatic carbocycles. The molecule has 0 aliphatic rings. The van der Waals surface area contributed by atoms with Crippen LogP contribution in [0.15, 0.2) is 18.5 Å². The van der Waals surface area contributed by atoms with Gasteiger partial charge in [0.25, 0.3) is 0 Å². The maximum Gasteiger partial charge on any atom is 0.239 e. The molecule has 0 spiro atoms. The van der Waals surface area contributed by atoms with Gasteiger partial charge in [0.15, 0.2) is 0 Å². The molecule has 19 heavy (non-hydrogen) atoms. The summed E-state index contributed by atoms with van der Waals surface area (Å²) in [5.41, 5.74) is 1.59. The summed E-state index contributed by atoms with van der Waals surface area (Å²) >= 11 is 0. The molecule has 106 valence electrons. The summed E-state index contributed by atoms with van der Waals surface area (Å²) in [7, 11) is 0. The summed E-state index contributed by atoms with van der Waals surface area (Å²) in [5, 5.41) is 9.23. The topological polar surface area (TPSA) is 66.0 Å². The maximum atomic E-state index is 11.7. The monoisotopic (exact) mass is 264 g/mol. The highest BCUT2D eigenvalue weighted by Crippen LogP contribution is 2.12. The largest absolute Gasteiger partial charge is 0.384 e. The second-order valence-corrected chi connectivity index (χ2v) is 5.54. The lowest BCUT2D eigenvalue weighted by Gasteiger charge is -2.20. The van der Waals surface area contributed by atoms with E-state index in [0.29, 0.717) is 0 Å². The van der Waals surface area contributed by atoms with Gasteiger partial charge in [-0.3, -0.25) is 9.78 Å². The molecule has 5 heteroatoms. The Morgan fingerprint density at radius 1 is 1.21 bits per heavy atom. The Bertz CT molecular complexity index is 412. The third-order valence-corrected chi connectivity index (χ3v) is 2.28. The van der Waals surface area contributed by atoms with Crippen LogP contribution in [0.2, 0.25) is 0 Å². The van der Waals surface area contributed by atoms with E-state index in [2.05, 4.69) is 27.9 Å². The summed E-state index contributed by atoms with van der Waals surface area (Å²) in [6.45, 7) is 9.15. The zero-order valence-corrected chi connectivity index (χ0v) is 12.2. The van der Waals surface area contributed by atoms with Gasteiger partial charge in [0.05, 0.1) is 30.3 Å². The smallest absolute Gasteiger partial charge is 0.239 e. The predicted octanol–water partition coefficient (Wildman–Crippen LogP) is 2.23. The number of hydrogen-bond donors (Lipinski definition) is 3. The minimum atomic E-state index is -0.207. The molecule has 5 nitrogen and oxygen atoms in total. The van der Waals surface area contributed by atoms with Crippen LogP contribution in [0, 0.1) is 0 Å². The van der Waals surface area contributed by atoms with E-state index in [4.69, 9.17) is 0 Å². The highest BCUT2D eigenvalue weighted by atomic mass is 16.2. The lowest BCUT2D eigenvalue weighted by atomic mass is 10.1. The molecule has 1 heterocycles. The first-order valence-electron chi connectivity index (χ1n) is 6.64. The van der Waals surface area contributed by atoms with Crippen molar-refractivity contribution in [3.05, 3.63) is 18.5 Å². The van der Waals surface area contributed by atoms with Crippen molar-refractivity contribution in [3.8, 4) is 0 Å². The molecule has 3 N–H and O–H groups in total. The average Bonchev–Trinajstić information content (AvgIpc) is 2.32. The number of aromatic nitrogens is 1. The Kier molecular flexibility index (Phi) is 5.60. The Balaban J connectivity index is 2.46. The van der Waals surface area contributed by atoms with Crippen LogP contribution in [0.3, 0.4) is 0 Å². The second kappa shape index (κ2) is 6.97. The predicted molar refractivity (Wildman–Crippen MR) is 79.4 cm³/mol. The van der Waals surface area contributed by atoms with Crippen LogP contribution >= 0.6 is 0 Å². The molecule has 0 aliphatic heterocycles. The standard InChI is InChI=1S/C14H24N4O/c1-5-6-16-11-7-12(9-15-8-11)17-10-13(19)18-14(2,3)4/h7-9,16-17H,5-6,10H2,1-4H3,(H,18,19). The fourth-order valence-corrected chi connectivity index (χ4v) is 1.55. The molecule has 0 radical (unpaired) electrons. The van der Waals surface area contributed by atoms with Gasteiger partial charge in [0.1, 0.15) is 0 Å². The van der Waals surface area contributed by atoms with Gasteiger partial charge < -0.3 is 16.0 Å². The SMILES string of the molecule is CCCNc1cncc(NCC(=O)NC(C)(C)C)c1. The number of rotatable bonds is 6. The highest BCUT2D eigenvalue weighted by molar-refractivity contribution is 5.81. The van der Waals surface area contributed by atoms with E-state index in [1.54, 1.807) is 12.4 Å². The van der Waals surface area contributed by atoms with Gasteiger partial charge in [-0.1, -0.05) is 6.92 Å². The summed E-state index contributed by atoms with van der Waals surface area (Å²) in [6, 6.07) is 1.95. The fraction of sp³-hybridized carbons (Fsp3) is 0.571. The minimum absolute atomic E-state index is 0.0283. The van der Waals surface area contributed by atoms with Crippen molar-refractivity contribution < 1.29 is 4.79 Å². The van der Waals surface area contributed by atoms with Crippen molar-refractivity contribution in [2.45, 2.75) is 39.7 Å². The van der Waals surface area contributed by atoms with Gasteiger partial charge in [-0.25, -0.2) is 0 Å². The van der Waals surface area contributed by atoms with Crippen LogP contribution < -0.4 is 16.0 Å². The highest BCUT2D eigenvalue weighted by Gasteiger charge is 2.13. The molecule has 0 fully saturated rings. The van der Waals surface area contributed by atoms with Gasteiger partial charge in [-0.15, -0.1) is 0 Å². The molecule has 0 saturated heterocycles. The zero-order valence-electron chi connectivity index (χ0n) is 12.2. The zero-order chi connectivity index (χ0) is 14.3. The van der Waals surface area contributed by atoms with Crippen LogP contribution in [0.4, 0.5) is 11.4 Å². The first-order chi connectivity index (χ1) is 8.90. The molecule has 1 aromatic rings. The number of carbonyl (C=O) groups excluding carboxylic acids is 1. The number of amides is 1. The van der Waals surface area contributed by atoms with E-state index in [1.165, 1.54) is 0 Å². The van der Waals surface area contributed by atoms with Crippen LogP contribution in [-0.4, -0.2) is 29.5 Å². The van der Waals surface area contributed by atoms with Gasteiger partial charge in [-0.05, 0) is 33.3 Å². The van der Waals surface area contributed by atoms with Gasteiger partial charge >= 0.3 is 0 Å². The van der Waals surface area contributed by atoms with E-state index in [0.717, 1.165) is 24.3 Å². The van der Waals surface area contributed by atoms with E-state index in [9.17, 15) is 4.79 Å². The number of nitrogens with zero attached hydrogens (tertiary/aromatic N) is 1. The molecule has 1 aromatic heterocycles. The van der Waals surface area contributed by atoms with Gasteiger partial charge in [0.2, 0.25) is 5.91 Å². The van der Waals surface area contributed by atoms with Crippen molar-refractivity contribution in [1.29, 1.82) is 0 Å². The van der Waals surface area contributed by atoms with E-state index in [1.807, 2.05) is 26.8 Å². The summed E-state index contributed by atoms with van der Waals surface area (Å²) in [4.78, 5) is 15.8. The normalized spacial score (nSPS) is 10.9. The number of anilines is 2. The number of hydrogen-bond acceptors (Lipinski definition) is 4. The number of nitrogens with one attached hydrogen (secondary N) is 3. The maximum absolute atomic E-state index is 11.7. The van der Waals surface area contributed by atoms with Crippen molar-refractivity contribution in [3.63, 3.8) is 0 Å². The van der Waals surface area contributed by atoms with Gasteiger partial charge in [-0.2, -0.15) is 0 Å². The van der Waals surface area contributed by atoms with Crippen molar-refractivity contribution in [2.75, 3.05) is 23.7 Å². The van der Waals surface area contributed by atoms with Crippen LogP contribution in [0.5, 0.6) is 0 Å². The van der Waals surface area contributed by atoms with E-state index >= 15 is 0 Å². The first-order valence-corrected chi connectivity index (χ1v) is 6.64. The molecule has 0 aliphatic carbocycles. The molecule has 0 atom stereocenters. The molecule has 0 bridgehead atoms. The lowest BCUT2D eigenvalue weighted by molar-refractivity contribution is -0.120. The van der Waals surface area contributed by atoms with Gasteiger partial charge in [0, 0.05) is 12.1 Å². The van der Waals surface area contributed by atoms with Crippen molar-refractivity contribution >= 4 is 17.3 Å². The van der Waals surface area contributed by atoms with Crippen LogP contribution in [0.25, 0.3) is 0 Å². The number of carbonyl (C=O) groups is 1. The molecule has 0 saturated carbocycles. The molecule has 1 rings (SSSR count). The summed E-state index contributed by atoms with van der Waals surface area (Å²) < 4.78 is 0. The minimum Gasteiger partial charge on any atom is -0.384 e. The fourth-order valence-electron chi connectivity index (χ4n) is 1.55. The van der Waals surface area contributed by atoms with Crippen LogP contribution in [0.1, 0.15) is 34.1 Å². The molecular weight excluding hydrogens is 240 g/mol. The second-order valence-electron chi connectivity index (χ2n) is 5.54. The van der Waals surface area contributed by atoms with E-state index in [-0.39, 0.29) is 18.0 Å². The third-order valence-electron chi connectivity index (χ3n) is 2.28. The Morgan fingerprint density at radius 3 is 2.42 bits per heavy atom. The number of pyridine rings is 1. The Hall–Kier alpha value is -1.78. The first kappa shape index (κ1) is 15.3. The quantitative estimate of drug-likeness (QED) is 0.737. The Morgan fingerprint density at radius 2 is 1.84 bits per heavy atom. The van der Waals surface area contributed by atoms with Crippen molar-refractivity contribution in [1.82, 2.24) is 10.3 Å². The Labute approximate surface area is 115 Å². The summed E-state index contributed by atoms with van der Waals surface area (Å²) in [6.07, 6.45) is 4.54. The summed E-state index contributed by atoms with van der Waals surface area (Å²) in [5.74, 6) is -0.0283. The van der Waals surface area contributed by atoms with E-state index < -0.39 is 0 Å². The molecule has 0 unspecified atom stereocenters. The molecule has 1 amide bonds.